The number of azo groups is 2. The van der Waals surface area contributed by atoms with Gasteiger partial charge < -0.3 is 29.5 Å². The van der Waals surface area contributed by atoms with Crippen molar-refractivity contribution in [2.24, 2.45) is 26.4 Å². The van der Waals surface area contributed by atoms with Gasteiger partial charge in [-0.05, 0) is 62.6 Å². The summed E-state index contributed by atoms with van der Waals surface area (Å²) < 4.78 is 18.0. The summed E-state index contributed by atoms with van der Waals surface area (Å²) in [4.78, 5) is 27.5. The van der Waals surface area contributed by atoms with Gasteiger partial charge in [0.05, 0.1) is 43.7 Å². The van der Waals surface area contributed by atoms with Crippen LogP contribution in [-0.2, 0) is 4.79 Å². The molecule has 1 amide bonds. The predicted octanol–water partition coefficient (Wildman–Crippen LogP) is 6.64. The smallest absolute Gasteiger partial charge is 0.269 e. The molecule has 0 saturated carbocycles. The molecule has 14 heteroatoms. The highest BCUT2D eigenvalue weighted by Crippen LogP contribution is 2.41. The quantitative estimate of drug-likeness (QED) is 0.0930. The number of hydrogen-bond donors (Lipinski definition) is 2. The first-order chi connectivity index (χ1) is 23.3. The van der Waals surface area contributed by atoms with Crippen molar-refractivity contribution < 1.29 is 29.4 Å². The molecular weight excluding hydrogens is 606 g/mol. The summed E-state index contributed by atoms with van der Waals surface area (Å²) in [5.41, 5.74) is 2.82. The lowest BCUT2D eigenvalue weighted by atomic mass is 9.99. The second-order valence-electron chi connectivity index (χ2n) is 11.0. The molecule has 0 spiro atoms. The van der Waals surface area contributed by atoms with E-state index in [0.717, 1.165) is 25.1 Å². The van der Waals surface area contributed by atoms with E-state index in [1.165, 1.54) is 38.5 Å². The van der Waals surface area contributed by atoms with Gasteiger partial charge in [-0.3, -0.25) is 14.9 Å². The number of nitrogens with zero attached hydrogens (tertiary/aromatic N) is 7. The molecule has 2 unspecified atom stereocenters. The number of hydrogen-bond acceptors (Lipinski definition) is 12. The third-order valence-electron chi connectivity index (χ3n) is 8.11. The third kappa shape index (κ3) is 9.08. The van der Waals surface area contributed by atoms with Gasteiger partial charge in [0, 0.05) is 68.0 Å². The Hall–Kier alpha value is -4.95. The average Bonchev–Trinajstić information content (AvgIpc) is 3.61. The largest absolute Gasteiger partial charge is 0.494 e. The Morgan fingerprint density at radius 2 is 1.62 bits per heavy atom. The lowest BCUT2D eigenvalue weighted by molar-refractivity contribution is -0.384. The zero-order chi connectivity index (χ0) is 34.5. The maximum atomic E-state index is 13.0. The SMILES string of the molecule is [2H]OCC(CO)C1CCCN1C(=O)CCCN(CC)c1ccc(N=Nc2cc(OC)c(N=Nc3ccc([N+](=O)[O-])cc3)cc2OC)cc1. The Bertz CT molecular complexity index is 1570. The first kappa shape index (κ1) is 33.4. The number of nitro benzene ring substituents is 1. The molecule has 1 aliphatic heterocycles. The Labute approximate surface area is 275 Å². The Kier molecular flexibility index (Phi) is 12.2. The molecule has 14 nitrogen and oxygen atoms in total. The minimum Gasteiger partial charge on any atom is -0.494 e. The van der Waals surface area contributed by atoms with Crippen LogP contribution in [0.1, 0.15) is 32.6 Å². The van der Waals surface area contributed by atoms with Gasteiger partial charge in [-0.25, -0.2) is 0 Å². The fourth-order valence-electron chi connectivity index (χ4n) is 5.53. The summed E-state index contributed by atoms with van der Waals surface area (Å²) in [6.45, 7) is 4.20. The number of aliphatic hydroxyl groups is 2. The zero-order valence-electron chi connectivity index (χ0n) is 27.8. The van der Waals surface area contributed by atoms with Crippen LogP contribution in [0.3, 0.4) is 0 Å². The molecular formula is C33H41N7O7. The van der Waals surface area contributed by atoms with E-state index in [2.05, 4.69) is 37.4 Å². The molecule has 0 aromatic heterocycles. The molecule has 1 saturated heterocycles. The van der Waals surface area contributed by atoms with Crippen molar-refractivity contribution >= 4 is 40.0 Å². The van der Waals surface area contributed by atoms with E-state index in [4.69, 9.17) is 10.9 Å². The molecule has 2 N–H and O–H groups in total. The number of rotatable bonds is 17. The highest BCUT2D eigenvalue weighted by Gasteiger charge is 2.33. The number of anilines is 1. The highest BCUT2D eigenvalue weighted by molar-refractivity contribution is 5.77. The monoisotopic (exact) mass is 648 g/mol. The molecule has 0 radical (unpaired) electrons. The fraction of sp³-hybridized carbons (Fsp3) is 0.424. The van der Waals surface area contributed by atoms with Gasteiger partial charge in [0.2, 0.25) is 7.34 Å². The second kappa shape index (κ2) is 17.1. The van der Waals surface area contributed by atoms with E-state index in [1.807, 2.05) is 29.2 Å². The van der Waals surface area contributed by atoms with Crippen LogP contribution in [0, 0.1) is 16.0 Å². The standard InChI is InChI=1S/C33H41N7O7/c1-4-38(17-6-8-33(43)39-18-5-7-30(39)23(21-41)22-42)26-13-9-24(10-14-26)34-36-28-19-32(47-3)29(20-31(28)46-2)37-35-25-11-15-27(16-12-25)40(44)45/h9-16,19-20,23,30,41-42H,4-8,17-18,21-22H2,1-3H3/i41D. The lowest BCUT2D eigenvalue weighted by Crippen LogP contribution is -2.42. The molecule has 0 aliphatic carbocycles. The molecule has 0 bridgehead atoms. The molecule has 4 rings (SSSR count). The van der Waals surface area contributed by atoms with E-state index >= 15 is 0 Å². The average molecular weight is 649 g/mol. The van der Waals surface area contributed by atoms with E-state index in [-0.39, 0.29) is 36.8 Å². The summed E-state index contributed by atoms with van der Waals surface area (Å²) in [5.74, 6) is 0.614. The highest BCUT2D eigenvalue weighted by atomic mass is 16.6. The number of carbonyl (C=O) groups excluding carboxylic acids is 1. The molecule has 1 aliphatic rings. The normalized spacial score (nSPS) is 15.6. The van der Waals surface area contributed by atoms with Crippen molar-refractivity contribution in [1.82, 2.24) is 4.90 Å². The van der Waals surface area contributed by atoms with Crippen molar-refractivity contribution in [2.75, 3.05) is 52.0 Å². The van der Waals surface area contributed by atoms with E-state index in [0.29, 0.717) is 60.2 Å². The first-order valence-electron chi connectivity index (χ1n) is 15.9. The molecule has 3 aromatic rings. The van der Waals surface area contributed by atoms with E-state index < -0.39 is 4.92 Å². The Morgan fingerprint density at radius 3 is 2.13 bits per heavy atom. The minimum absolute atomic E-state index is 0.0389. The number of methoxy groups -OCH3 is 2. The number of likely N-dealkylation sites (tertiary alicyclic amines) is 1. The van der Waals surface area contributed by atoms with Gasteiger partial charge in [0.25, 0.3) is 5.69 Å². The molecule has 47 heavy (non-hydrogen) atoms. The molecule has 1 heterocycles. The number of benzene rings is 3. The minimum atomic E-state index is -0.482. The number of aliphatic hydroxyl groups excluding tert-OH is 2. The van der Waals surface area contributed by atoms with Crippen LogP contribution in [0.25, 0.3) is 0 Å². The summed E-state index contributed by atoms with van der Waals surface area (Å²) in [7, 11) is 3.00. The van der Waals surface area contributed by atoms with Crippen LogP contribution in [-0.4, -0.2) is 80.5 Å². The van der Waals surface area contributed by atoms with Gasteiger partial charge in [0.15, 0.2) is 0 Å². The number of nitro groups is 1. The summed E-state index contributed by atoms with van der Waals surface area (Å²) >= 11 is 0. The Balaban J connectivity index is 1.37. The first-order valence-corrected chi connectivity index (χ1v) is 15.5. The van der Waals surface area contributed by atoms with Crippen molar-refractivity contribution in [3.63, 3.8) is 0 Å². The molecule has 3 aromatic carbocycles. The maximum Gasteiger partial charge on any atom is 0.269 e. The number of carbonyl (C=O) groups is 1. The van der Waals surface area contributed by atoms with Crippen LogP contribution in [0.2, 0.25) is 0 Å². The van der Waals surface area contributed by atoms with Gasteiger partial charge in [-0.2, -0.15) is 10.2 Å². The van der Waals surface area contributed by atoms with Crippen molar-refractivity contribution in [2.45, 2.75) is 38.6 Å². The predicted molar refractivity (Wildman–Crippen MR) is 177 cm³/mol. The number of ether oxygens (including phenoxy) is 2. The van der Waals surface area contributed by atoms with Gasteiger partial charge in [-0.15, -0.1) is 10.2 Å². The molecule has 250 valence electrons. The Morgan fingerprint density at radius 1 is 1.02 bits per heavy atom. The topological polar surface area (TPSA) is 175 Å². The van der Waals surface area contributed by atoms with Gasteiger partial charge in [0.1, 0.15) is 22.9 Å². The summed E-state index contributed by atoms with van der Waals surface area (Å²) in [6, 6.07) is 16.5. The van der Waals surface area contributed by atoms with Crippen LogP contribution in [0.5, 0.6) is 11.5 Å². The second-order valence-corrected chi connectivity index (χ2v) is 11.0. The lowest BCUT2D eigenvalue weighted by Gasteiger charge is -2.30. The summed E-state index contributed by atoms with van der Waals surface area (Å²) in [6.07, 6.45) is 2.79. The zero-order valence-corrected chi connectivity index (χ0v) is 26.8. The van der Waals surface area contributed by atoms with Crippen molar-refractivity contribution in [3.05, 3.63) is 70.8 Å². The van der Waals surface area contributed by atoms with Crippen molar-refractivity contribution in [1.29, 1.82) is 1.43 Å². The third-order valence-corrected chi connectivity index (χ3v) is 8.11. The van der Waals surface area contributed by atoms with Gasteiger partial charge >= 0.3 is 0 Å². The van der Waals surface area contributed by atoms with Crippen molar-refractivity contribution in [3.8, 4) is 11.5 Å². The number of amides is 1. The van der Waals surface area contributed by atoms with E-state index in [9.17, 15) is 20.0 Å². The van der Waals surface area contributed by atoms with Crippen LogP contribution in [0.15, 0.2) is 81.1 Å². The summed E-state index contributed by atoms with van der Waals surface area (Å²) in [5, 5.41) is 42.2. The van der Waals surface area contributed by atoms with Gasteiger partial charge in [-0.1, -0.05) is 0 Å². The molecule has 1 fully saturated rings. The van der Waals surface area contributed by atoms with Crippen LogP contribution in [0.4, 0.5) is 34.1 Å². The maximum absolute atomic E-state index is 13.0. The number of non-ortho nitro benzene ring substituents is 1. The van der Waals surface area contributed by atoms with E-state index in [1.54, 1.807) is 12.1 Å². The van der Waals surface area contributed by atoms with Crippen LogP contribution >= 0.6 is 0 Å². The molecule has 2 atom stereocenters. The van der Waals surface area contributed by atoms with Crippen LogP contribution < -0.4 is 14.4 Å². The fourth-order valence-corrected chi connectivity index (χ4v) is 5.53.